The standard InChI is InChI=1S/C22H32N6O/c1-2-26-12-14-27(15-13-26)17-22(29)23-19-8-9-20-24-25-21(28(20)11-10-19)16-18-6-4-3-5-7-18/h3-7,19H,2,8-17H2,1H3,(H,23,29). The molecule has 4 rings (SSSR count). The molecule has 29 heavy (non-hydrogen) atoms. The van der Waals surface area contributed by atoms with E-state index in [0.717, 1.165) is 76.6 Å². The fourth-order valence-electron chi connectivity index (χ4n) is 4.34. The molecule has 1 N–H and O–H groups in total. The molecule has 1 aromatic carbocycles. The molecule has 7 heteroatoms. The van der Waals surface area contributed by atoms with Gasteiger partial charge >= 0.3 is 0 Å². The second kappa shape index (κ2) is 9.50. The third-order valence-electron chi connectivity index (χ3n) is 6.17. The Bertz CT molecular complexity index is 797. The van der Waals surface area contributed by atoms with Crippen molar-refractivity contribution in [1.82, 2.24) is 29.9 Å². The third kappa shape index (κ3) is 5.22. The predicted octanol–water partition coefficient (Wildman–Crippen LogP) is 1.33. The highest BCUT2D eigenvalue weighted by Gasteiger charge is 2.23. The summed E-state index contributed by atoms with van der Waals surface area (Å²) in [5.41, 5.74) is 1.25. The van der Waals surface area contributed by atoms with Crippen molar-refractivity contribution in [1.29, 1.82) is 0 Å². The van der Waals surface area contributed by atoms with Gasteiger partial charge in [0.1, 0.15) is 11.6 Å². The third-order valence-corrected chi connectivity index (χ3v) is 6.17. The summed E-state index contributed by atoms with van der Waals surface area (Å²) in [6.07, 6.45) is 3.53. The zero-order valence-electron chi connectivity index (χ0n) is 17.4. The van der Waals surface area contributed by atoms with Crippen molar-refractivity contribution in [3.8, 4) is 0 Å². The predicted molar refractivity (Wildman–Crippen MR) is 113 cm³/mol. The number of aromatic nitrogens is 3. The SMILES string of the molecule is CCN1CCN(CC(=O)NC2CCc3nnc(Cc4ccccc4)n3CC2)CC1. The van der Waals surface area contributed by atoms with E-state index >= 15 is 0 Å². The number of hydrogen-bond acceptors (Lipinski definition) is 5. The monoisotopic (exact) mass is 396 g/mol. The van der Waals surface area contributed by atoms with Crippen molar-refractivity contribution in [2.24, 2.45) is 0 Å². The summed E-state index contributed by atoms with van der Waals surface area (Å²) in [5, 5.41) is 12.1. The van der Waals surface area contributed by atoms with Gasteiger partial charge in [-0.3, -0.25) is 9.69 Å². The van der Waals surface area contributed by atoms with E-state index < -0.39 is 0 Å². The summed E-state index contributed by atoms with van der Waals surface area (Å²) in [5.74, 6) is 2.22. The quantitative estimate of drug-likeness (QED) is 0.798. The van der Waals surface area contributed by atoms with Gasteiger partial charge in [-0.1, -0.05) is 37.3 Å². The largest absolute Gasteiger partial charge is 0.352 e. The highest BCUT2D eigenvalue weighted by Crippen LogP contribution is 2.17. The van der Waals surface area contributed by atoms with E-state index in [4.69, 9.17) is 0 Å². The maximum atomic E-state index is 12.6. The first-order valence-corrected chi connectivity index (χ1v) is 10.9. The van der Waals surface area contributed by atoms with E-state index in [9.17, 15) is 4.79 Å². The molecular weight excluding hydrogens is 364 g/mol. The molecule has 1 fully saturated rings. The number of amides is 1. The lowest BCUT2D eigenvalue weighted by molar-refractivity contribution is -0.123. The number of carbonyl (C=O) groups is 1. The molecule has 0 bridgehead atoms. The summed E-state index contributed by atoms with van der Waals surface area (Å²) >= 11 is 0. The molecule has 2 aromatic rings. The molecule has 0 spiro atoms. The number of fused-ring (bicyclic) bond motifs is 1. The lowest BCUT2D eigenvalue weighted by atomic mass is 10.1. The molecule has 3 heterocycles. The maximum Gasteiger partial charge on any atom is 0.234 e. The van der Waals surface area contributed by atoms with Crippen LogP contribution >= 0.6 is 0 Å². The first-order valence-electron chi connectivity index (χ1n) is 10.9. The second-order valence-corrected chi connectivity index (χ2v) is 8.15. The van der Waals surface area contributed by atoms with E-state index in [1.807, 2.05) is 6.07 Å². The van der Waals surface area contributed by atoms with Crippen LogP contribution in [-0.4, -0.2) is 75.8 Å². The van der Waals surface area contributed by atoms with Crippen LogP contribution in [0, 0.1) is 0 Å². The van der Waals surface area contributed by atoms with Crippen LogP contribution in [0.15, 0.2) is 30.3 Å². The average Bonchev–Trinajstić information content (AvgIpc) is 3.01. The van der Waals surface area contributed by atoms with Crippen LogP contribution in [0.2, 0.25) is 0 Å². The average molecular weight is 397 g/mol. The van der Waals surface area contributed by atoms with Gasteiger partial charge < -0.3 is 14.8 Å². The molecule has 7 nitrogen and oxygen atoms in total. The molecule has 0 saturated carbocycles. The number of likely N-dealkylation sites (N-methyl/N-ethyl adjacent to an activating group) is 1. The molecule has 2 aliphatic rings. The van der Waals surface area contributed by atoms with Crippen LogP contribution < -0.4 is 5.32 Å². The maximum absolute atomic E-state index is 12.6. The van der Waals surface area contributed by atoms with Crippen molar-refractivity contribution in [2.75, 3.05) is 39.3 Å². The van der Waals surface area contributed by atoms with Crippen LogP contribution in [0.25, 0.3) is 0 Å². The Morgan fingerprint density at radius 3 is 2.55 bits per heavy atom. The number of nitrogens with zero attached hydrogens (tertiary/aromatic N) is 5. The van der Waals surface area contributed by atoms with Gasteiger partial charge in [0.2, 0.25) is 5.91 Å². The minimum atomic E-state index is 0.155. The molecule has 156 valence electrons. The lowest BCUT2D eigenvalue weighted by Crippen LogP contribution is -2.50. The molecule has 0 radical (unpaired) electrons. The number of aryl methyl sites for hydroxylation is 1. The van der Waals surface area contributed by atoms with Gasteiger partial charge in [0.15, 0.2) is 0 Å². The van der Waals surface area contributed by atoms with Gasteiger partial charge in [-0.15, -0.1) is 10.2 Å². The number of benzene rings is 1. The van der Waals surface area contributed by atoms with E-state index in [2.05, 4.69) is 61.1 Å². The van der Waals surface area contributed by atoms with Crippen LogP contribution in [0.3, 0.4) is 0 Å². The van der Waals surface area contributed by atoms with E-state index in [1.54, 1.807) is 0 Å². The first kappa shape index (κ1) is 20.0. The molecule has 2 aliphatic heterocycles. The zero-order valence-corrected chi connectivity index (χ0v) is 17.4. The Kier molecular flexibility index (Phi) is 6.56. The molecule has 1 unspecified atom stereocenters. The van der Waals surface area contributed by atoms with Crippen molar-refractivity contribution < 1.29 is 4.79 Å². The van der Waals surface area contributed by atoms with E-state index in [1.165, 1.54) is 5.56 Å². The van der Waals surface area contributed by atoms with Crippen LogP contribution in [0.5, 0.6) is 0 Å². The zero-order chi connectivity index (χ0) is 20.1. The minimum absolute atomic E-state index is 0.155. The number of hydrogen-bond donors (Lipinski definition) is 1. The summed E-state index contributed by atoms with van der Waals surface area (Å²) in [6.45, 7) is 8.75. The summed E-state index contributed by atoms with van der Waals surface area (Å²) in [6, 6.07) is 10.6. The van der Waals surface area contributed by atoms with Crippen LogP contribution in [-0.2, 0) is 24.2 Å². The smallest absolute Gasteiger partial charge is 0.234 e. The van der Waals surface area contributed by atoms with Gasteiger partial charge in [0.05, 0.1) is 6.54 Å². The fourth-order valence-corrected chi connectivity index (χ4v) is 4.34. The number of rotatable bonds is 6. The first-order chi connectivity index (χ1) is 14.2. The number of nitrogens with one attached hydrogen (secondary N) is 1. The van der Waals surface area contributed by atoms with Crippen molar-refractivity contribution in [3.05, 3.63) is 47.5 Å². The van der Waals surface area contributed by atoms with Crippen molar-refractivity contribution in [2.45, 2.75) is 45.2 Å². The highest BCUT2D eigenvalue weighted by molar-refractivity contribution is 5.78. The Morgan fingerprint density at radius 2 is 1.79 bits per heavy atom. The van der Waals surface area contributed by atoms with E-state index in [-0.39, 0.29) is 11.9 Å². The van der Waals surface area contributed by atoms with Crippen molar-refractivity contribution >= 4 is 5.91 Å². The van der Waals surface area contributed by atoms with Gasteiger partial charge in [0, 0.05) is 51.6 Å². The van der Waals surface area contributed by atoms with E-state index in [0.29, 0.717) is 6.54 Å². The van der Waals surface area contributed by atoms with Gasteiger partial charge in [-0.2, -0.15) is 0 Å². The minimum Gasteiger partial charge on any atom is -0.352 e. The molecule has 1 aromatic heterocycles. The van der Waals surface area contributed by atoms with Gasteiger partial charge in [-0.25, -0.2) is 0 Å². The molecule has 1 atom stereocenters. The van der Waals surface area contributed by atoms with Crippen LogP contribution in [0.1, 0.15) is 37.0 Å². The molecule has 1 saturated heterocycles. The number of piperazine rings is 1. The number of carbonyl (C=O) groups excluding carboxylic acids is 1. The van der Waals surface area contributed by atoms with Crippen molar-refractivity contribution in [3.63, 3.8) is 0 Å². The molecule has 1 amide bonds. The summed E-state index contributed by atoms with van der Waals surface area (Å²) in [7, 11) is 0. The molecule has 0 aliphatic carbocycles. The highest BCUT2D eigenvalue weighted by atomic mass is 16.2. The topological polar surface area (TPSA) is 66.3 Å². The molecular formula is C22H32N6O. The fraction of sp³-hybridized carbons (Fsp3) is 0.591. The van der Waals surface area contributed by atoms with Gasteiger partial charge in [-0.05, 0) is 24.9 Å². The Morgan fingerprint density at radius 1 is 1.03 bits per heavy atom. The second-order valence-electron chi connectivity index (χ2n) is 8.15. The Balaban J connectivity index is 1.28. The normalized spacial score (nSPS) is 20.8. The summed E-state index contributed by atoms with van der Waals surface area (Å²) < 4.78 is 2.25. The van der Waals surface area contributed by atoms with Crippen LogP contribution in [0.4, 0.5) is 0 Å². The summed E-state index contributed by atoms with van der Waals surface area (Å²) in [4.78, 5) is 17.3. The lowest BCUT2D eigenvalue weighted by Gasteiger charge is -2.33. The Labute approximate surface area is 173 Å². The van der Waals surface area contributed by atoms with Gasteiger partial charge in [0.25, 0.3) is 0 Å². The Hall–Kier alpha value is -2.25.